The van der Waals surface area contributed by atoms with Crippen molar-refractivity contribution in [2.75, 3.05) is 5.32 Å². The van der Waals surface area contributed by atoms with Gasteiger partial charge in [-0.15, -0.1) is 0 Å². The van der Waals surface area contributed by atoms with Crippen molar-refractivity contribution in [3.05, 3.63) is 34.1 Å². The van der Waals surface area contributed by atoms with Crippen molar-refractivity contribution in [1.29, 1.82) is 0 Å². The van der Waals surface area contributed by atoms with Crippen LogP contribution in [0.5, 0.6) is 0 Å². The average Bonchev–Trinajstić information content (AvgIpc) is 2.91. The highest BCUT2D eigenvalue weighted by atomic mass is 19.1. The monoisotopic (exact) mass is 280 g/mol. The molecule has 1 aromatic rings. The minimum atomic E-state index is -0.904. The van der Waals surface area contributed by atoms with Crippen LogP contribution in [0.4, 0.5) is 15.8 Å². The Morgan fingerprint density at radius 3 is 2.75 bits per heavy atom. The van der Waals surface area contributed by atoms with Crippen molar-refractivity contribution in [1.82, 2.24) is 0 Å². The van der Waals surface area contributed by atoms with Crippen LogP contribution in [0, 0.1) is 21.8 Å². The van der Waals surface area contributed by atoms with E-state index in [0.717, 1.165) is 18.6 Å². The van der Waals surface area contributed by atoms with Crippen molar-refractivity contribution in [3.8, 4) is 0 Å². The summed E-state index contributed by atoms with van der Waals surface area (Å²) in [5.41, 5.74) is -0.367. The molecule has 1 N–H and O–H groups in total. The standard InChI is InChI=1S/C14H17FN2O3/c15-12-7-6-11(9-13(12)17(19)20)16-14(18)8-5-10-3-1-2-4-10/h6-7,9-10H,1-5,8H2,(H,16,18). The molecule has 1 aliphatic rings. The van der Waals surface area contributed by atoms with Gasteiger partial charge in [0, 0.05) is 18.2 Å². The highest BCUT2D eigenvalue weighted by Crippen LogP contribution is 2.28. The van der Waals surface area contributed by atoms with Crippen LogP contribution in [-0.2, 0) is 4.79 Å². The first kappa shape index (κ1) is 14.4. The molecular formula is C14H17FN2O3. The van der Waals surface area contributed by atoms with Crippen LogP contribution >= 0.6 is 0 Å². The van der Waals surface area contributed by atoms with Gasteiger partial charge in [0.1, 0.15) is 0 Å². The molecular weight excluding hydrogens is 263 g/mol. The van der Waals surface area contributed by atoms with Crippen LogP contribution < -0.4 is 5.32 Å². The van der Waals surface area contributed by atoms with Crippen LogP contribution in [-0.4, -0.2) is 10.8 Å². The first-order valence-electron chi connectivity index (χ1n) is 6.80. The molecule has 0 aliphatic heterocycles. The van der Waals surface area contributed by atoms with Crippen molar-refractivity contribution >= 4 is 17.3 Å². The van der Waals surface area contributed by atoms with Crippen LogP contribution in [0.15, 0.2) is 18.2 Å². The van der Waals surface area contributed by atoms with Gasteiger partial charge in [0.05, 0.1) is 4.92 Å². The fourth-order valence-electron chi connectivity index (χ4n) is 2.59. The number of hydrogen-bond acceptors (Lipinski definition) is 3. The molecule has 0 radical (unpaired) electrons. The van der Waals surface area contributed by atoms with E-state index in [0.29, 0.717) is 12.3 Å². The largest absolute Gasteiger partial charge is 0.326 e. The molecule has 5 nitrogen and oxygen atoms in total. The molecule has 0 spiro atoms. The summed E-state index contributed by atoms with van der Waals surface area (Å²) in [6.45, 7) is 0. The number of amides is 1. The Balaban J connectivity index is 1.90. The number of nitro benzene ring substituents is 1. The van der Waals surface area contributed by atoms with Crippen LogP contribution in [0.25, 0.3) is 0 Å². The number of halogens is 1. The zero-order valence-electron chi connectivity index (χ0n) is 11.1. The Kier molecular flexibility index (Phi) is 4.65. The maximum Gasteiger partial charge on any atom is 0.306 e. The fourth-order valence-corrected chi connectivity index (χ4v) is 2.59. The van der Waals surface area contributed by atoms with Gasteiger partial charge >= 0.3 is 5.69 Å². The summed E-state index contributed by atoms with van der Waals surface area (Å²) < 4.78 is 13.2. The van der Waals surface area contributed by atoms with Crippen molar-refractivity contribution in [2.24, 2.45) is 5.92 Å². The van der Waals surface area contributed by atoms with E-state index in [-0.39, 0.29) is 11.6 Å². The second-order valence-electron chi connectivity index (χ2n) is 5.16. The molecule has 20 heavy (non-hydrogen) atoms. The number of anilines is 1. The van der Waals surface area contributed by atoms with Gasteiger partial charge in [0.2, 0.25) is 11.7 Å². The number of hydrogen-bond donors (Lipinski definition) is 1. The number of carbonyl (C=O) groups is 1. The molecule has 0 saturated heterocycles. The maximum atomic E-state index is 13.2. The summed E-state index contributed by atoms with van der Waals surface area (Å²) >= 11 is 0. The molecule has 1 saturated carbocycles. The lowest BCUT2D eigenvalue weighted by atomic mass is 10.0. The minimum Gasteiger partial charge on any atom is -0.326 e. The Hall–Kier alpha value is -1.98. The summed E-state index contributed by atoms with van der Waals surface area (Å²) in [5, 5.41) is 13.2. The van der Waals surface area contributed by atoms with Crippen molar-refractivity contribution < 1.29 is 14.1 Å². The first-order valence-corrected chi connectivity index (χ1v) is 6.80. The molecule has 1 aromatic carbocycles. The van der Waals surface area contributed by atoms with E-state index in [1.807, 2.05) is 0 Å². The van der Waals surface area contributed by atoms with Gasteiger partial charge in [0.25, 0.3) is 0 Å². The van der Waals surface area contributed by atoms with E-state index in [1.165, 1.54) is 31.7 Å². The van der Waals surface area contributed by atoms with Gasteiger partial charge in [-0.05, 0) is 24.5 Å². The highest BCUT2D eigenvalue weighted by molar-refractivity contribution is 5.91. The van der Waals surface area contributed by atoms with E-state index in [4.69, 9.17) is 0 Å². The Morgan fingerprint density at radius 1 is 1.40 bits per heavy atom. The number of benzene rings is 1. The molecule has 108 valence electrons. The number of nitro groups is 1. The minimum absolute atomic E-state index is 0.183. The lowest BCUT2D eigenvalue weighted by Crippen LogP contribution is -2.13. The third-order valence-corrected chi connectivity index (χ3v) is 3.68. The maximum absolute atomic E-state index is 13.2. The number of nitrogens with one attached hydrogen (secondary N) is 1. The molecule has 0 bridgehead atoms. The molecule has 0 heterocycles. The smallest absolute Gasteiger partial charge is 0.306 e. The topological polar surface area (TPSA) is 72.2 Å². The van der Waals surface area contributed by atoms with Crippen LogP contribution in [0.2, 0.25) is 0 Å². The first-order chi connectivity index (χ1) is 9.56. The van der Waals surface area contributed by atoms with Crippen LogP contribution in [0.3, 0.4) is 0 Å². The highest BCUT2D eigenvalue weighted by Gasteiger charge is 2.18. The Bertz CT molecular complexity index is 513. The molecule has 0 aromatic heterocycles. The third-order valence-electron chi connectivity index (χ3n) is 3.68. The van der Waals surface area contributed by atoms with E-state index in [9.17, 15) is 19.3 Å². The van der Waals surface area contributed by atoms with E-state index in [2.05, 4.69) is 5.32 Å². The summed E-state index contributed by atoms with van der Waals surface area (Å²) in [5.74, 6) is -0.472. The van der Waals surface area contributed by atoms with Gasteiger partial charge in [-0.1, -0.05) is 25.7 Å². The van der Waals surface area contributed by atoms with E-state index < -0.39 is 16.4 Å². The predicted molar refractivity (Wildman–Crippen MR) is 72.9 cm³/mol. The number of nitrogens with zero attached hydrogens (tertiary/aromatic N) is 1. The fraction of sp³-hybridized carbons (Fsp3) is 0.500. The van der Waals surface area contributed by atoms with Gasteiger partial charge < -0.3 is 5.32 Å². The summed E-state index contributed by atoms with van der Waals surface area (Å²) in [6, 6.07) is 3.36. The zero-order chi connectivity index (χ0) is 14.5. The molecule has 1 aliphatic carbocycles. The van der Waals surface area contributed by atoms with Gasteiger partial charge in [-0.25, -0.2) is 0 Å². The second kappa shape index (κ2) is 6.45. The van der Waals surface area contributed by atoms with Crippen molar-refractivity contribution in [3.63, 3.8) is 0 Å². The second-order valence-corrected chi connectivity index (χ2v) is 5.16. The quantitative estimate of drug-likeness (QED) is 0.661. The van der Waals surface area contributed by atoms with E-state index >= 15 is 0 Å². The molecule has 1 amide bonds. The van der Waals surface area contributed by atoms with Gasteiger partial charge in [-0.3, -0.25) is 14.9 Å². The van der Waals surface area contributed by atoms with Crippen molar-refractivity contribution in [2.45, 2.75) is 38.5 Å². The number of carbonyl (C=O) groups excluding carboxylic acids is 1. The van der Waals surface area contributed by atoms with Gasteiger partial charge in [0.15, 0.2) is 0 Å². The van der Waals surface area contributed by atoms with E-state index in [1.54, 1.807) is 0 Å². The molecule has 6 heteroatoms. The average molecular weight is 280 g/mol. The summed E-state index contributed by atoms with van der Waals surface area (Å²) in [7, 11) is 0. The lowest BCUT2D eigenvalue weighted by molar-refractivity contribution is -0.387. The molecule has 0 unspecified atom stereocenters. The SMILES string of the molecule is O=C(CCC1CCCC1)Nc1ccc(F)c([N+](=O)[O-])c1. The van der Waals surface area contributed by atoms with Gasteiger partial charge in [-0.2, -0.15) is 4.39 Å². The lowest BCUT2D eigenvalue weighted by Gasteiger charge is -2.09. The summed E-state index contributed by atoms with van der Waals surface area (Å²) in [4.78, 5) is 21.6. The third kappa shape index (κ3) is 3.76. The molecule has 2 rings (SSSR count). The molecule has 0 atom stereocenters. The van der Waals surface area contributed by atoms with Crippen LogP contribution in [0.1, 0.15) is 38.5 Å². The normalized spacial score (nSPS) is 15.2. The Morgan fingerprint density at radius 2 is 2.10 bits per heavy atom. The zero-order valence-corrected chi connectivity index (χ0v) is 11.1. The summed E-state index contributed by atoms with van der Waals surface area (Å²) in [6.07, 6.45) is 6.06. The Labute approximate surface area is 116 Å². The predicted octanol–water partition coefficient (Wildman–Crippen LogP) is 3.64. The molecule has 1 fully saturated rings. The number of rotatable bonds is 5.